The second-order valence-corrected chi connectivity index (χ2v) is 7.05. The Morgan fingerprint density at radius 2 is 1.96 bits per heavy atom. The zero-order valence-electron chi connectivity index (χ0n) is 14.5. The smallest absolute Gasteiger partial charge is 0.185 e. The third-order valence-electron chi connectivity index (χ3n) is 3.79. The molecule has 0 spiro atoms. The van der Waals surface area contributed by atoms with E-state index in [2.05, 4.69) is 6.07 Å². The average Bonchev–Trinajstić information content (AvgIpc) is 2.66. The van der Waals surface area contributed by atoms with Gasteiger partial charge in [0, 0.05) is 12.7 Å². The van der Waals surface area contributed by atoms with Crippen molar-refractivity contribution in [1.82, 2.24) is 0 Å². The van der Waals surface area contributed by atoms with Crippen molar-refractivity contribution in [2.45, 2.75) is 32.2 Å². The zero-order chi connectivity index (χ0) is 18.9. The molecule has 0 aliphatic heterocycles. The lowest BCUT2D eigenvalue weighted by Gasteiger charge is -2.19. The maximum atomic E-state index is 10.9. The molecule has 0 amide bonds. The molecule has 0 radical (unpaired) electrons. The van der Waals surface area contributed by atoms with E-state index in [9.17, 15) is 20.3 Å². The van der Waals surface area contributed by atoms with Crippen LogP contribution in [0.1, 0.15) is 36.1 Å². The summed E-state index contributed by atoms with van der Waals surface area (Å²) in [7, 11) is 0. The molecule has 0 aliphatic rings. The molecule has 0 fully saturated rings. The Balaban J connectivity index is 2.07. The van der Waals surface area contributed by atoms with Gasteiger partial charge >= 0.3 is 0 Å². The van der Waals surface area contributed by atoms with Crippen molar-refractivity contribution in [3.8, 4) is 11.8 Å². The van der Waals surface area contributed by atoms with Gasteiger partial charge in [0.15, 0.2) is 5.12 Å². The molecular weight excluding hydrogens is 350 g/mol. The molecule has 2 N–H and O–H groups in total. The van der Waals surface area contributed by atoms with Gasteiger partial charge in [-0.1, -0.05) is 48.2 Å². The van der Waals surface area contributed by atoms with Crippen LogP contribution in [-0.4, -0.2) is 27.2 Å². The van der Waals surface area contributed by atoms with E-state index in [1.165, 1.54) is 6.92 Å². The first-order chi connectivity index (χ1) is 12.5. The Labute approximate surface area is 157 Å². The summed E-state index contributed by atoms with van der Waals surface area (Å²) in [5, 5.41) is 29.7. The van der Waals surface area contributed by atoms with Gasteiger partial charge in [0.1, 0.15) is 24.5 Å². The normalized spacial score (nSPS) is 12.8. The molecule has 0 aliphatic carbocycles. The number of benzene rings is 2. The van der Waals surface area contributed by atoms with E-state index in [0.717, 1.165) is 17.3 Å². The highest BCUT2D eigenvalue weighted by Gasteiger charge is 2.20. The number of thioether (sulfide) groups is 1. The van der Waals surface area contributed by atoms with Gasteiger partial charge in [-0.2, -0.15) is 5.26 Å². The molecule has 2 aromatic rings. The number of aliphatic hydroxyl groups excluding tert-OH is 2. The summed E-state index contributed by atoms with van der Waals surface area (Å²) in [4.78, 5) is 10.9. The fraction of sp³-hybridized carbons (Fsp3) is 0.300. The maximum absolute atomic E-state index is 10.9. The van der Waals surface area contributed by atoms with Crippen LogP contribution >= 0.6 is 11.8 Å². The minimum Gasteiger partial charge on any atom is -0.488 e. The van der Waals surface area contributed by atoms with Crippen LogP contribution in [-0.2, 0) is 11.4 Å². The second kappa shape index (κ2) is 9.97. The van der Waals surface area contributed by atoms with E-state index in [1.54, 1.807) is 18.2 Å². The summed E-state index contributed by atoms with van der Waals surface area (Å²) >= 11 is 1.11. The molecule has 2 atom stereocenters. The molecule has 0 saturated carbocycles. The number of ether oxygens (including phenoxy) is 1. The van der Waals surface area contributed by atoms with Gasteiger partial charge in [-0.3, -0.25) is 4.79 Å². The molecule has 2 aromatic carbocycles. The van der Waals surface area contributed by atoms with Gasteiger partial charge in [0.25, 0.3) is 0 Å². The molecule has 136 valence electrons. The van der Waals surface area contributed by atoms with Crippen molar-refractivity contribution >= 4 is 16.9 Å². The molecule has 2 rings (SSSR count). The molecular formula is C20H21NO4S. The van der Waals surface area contributed by atoms with Crippen molar-refractivity contribution in [3.63, 3.8) is 0 Å². The largest absolute Gasteiger partial charge is 0.488 e. The van der Waals surface area contributed by atoms with Crippen molar-refractivity contribution in [3.05, 3.63) is 65.2 Å². The van der Waals surface area contributed by atoms with Gasteiger partial charge in [-0.05, 0) is 29.7 Å². The Bertz CT molecular complexity index is 773. The number of nitrogens with zero attached hydrogens (tertiary/aromatic N) is 1. The number of carbonyl (C=O) groups is 1. The second-order valence-electron chi connectivity index (χ2n) is 5.78. The van der Waals surface area contributed by atoms with Crippen LogP contribution in [0.3, 0.4) is 0 Å². The summed E-state index contributed by atoms with van der Waals surface area (Å²) in [5.41, 5.74) is 1.79. The number of hydrogen-bond donors (Lipinski definition) is 2. The van der Waals surface area contributed by atoms with Crippen LogP contribution in [0.15, 0.2) is 48.5 Å². The Morgan fingerprint density at radius 3 is 2.62 bits per heavy atom. The predicted molar refractivity (Wildman–Crippen MR) is 101 cm³/mol. The quantitative estimate of drug-likeness (QED) is 0.740. The van der Waals surface area contributed by atoms with Crippen molar-refractivity contribution in [2.75, 3.05) is 5.75 Å². The first kappa shape index (κ1) is 20.0. The Kier molecular flexibility index (Phi) is 7.67. The van der Waals surface area contributed by atoms with Gasteiger partial charge in [-0.15, -0.1) is 0 Å². The van der Waals surface area contributed by atoms with Crippen LogP contribution in [0.4, 0.5) is 0 Å². The number of nitriles is 1. The van der Waals surface area contributed by atoms with Gasteiger partial charge in [0.05, 0.1) is 11.7 Å². The van der Waals surface area contributed by atoms with E-state index in [0.29, 0.717) is 29.2 Å². The summed E-state index contributed by atoms with van der Waals surface area (Å²) in [6, 6.07) is 16.4. The van der Waals surface area contributed by atoms with E-state index in [4.69, 9.17) is 4.74 Å². The Hall–Kier alpha value is -2.33. The fourth-order valence-electron chi connectivity index (χ4n) is 2.37. The van der Waals surface area contributed by atoms with Crippen LogP contribution < -0.4 is 4.74 Å². The van der Waals surface area contributed by atoms with Gasteiger partial charge < -0.3 is 14.9 Å². The van der Waals surface area contributed by atoms with Crippen molar-refractivity contribution < 1.29 is 19.7 Å². The van der Waals surface area contributed by atoms with Crippen LogP contribution in [0.25, 0.3) is 0 Å². The first-order valence-corrected chi connectivity index (χ1v) is 9.20. The van der Waals surface area contributed by atoms with E-state index >= 15 is 0 Å². The minimum atomic E-state index is -1.12. The highest BCUT2D eigenvalue weighted by molar-refractivity contribution is 8.13. The number of aliphatic hydroxyl groups is 2. The standard InChI is InChI=1S/C20H21NO4S/c1-14(22)26-10-9-18(23)20(24)16-7-8-17(12-21)19(11-16)25-13-15-5-3-2-4-6-15/h2-8,11,18,20,23-24H,9-10,13H2,1H3. The fourth-order valence-corrected chi connectivity index (χ4v) is 3.02. The molecule has 0 heterocycles. The predicted octanol–water partition coefficient (Wildman–Crippen LogP) is 3.20. The van der Waals surface area contributed by atoms with Crippen molar-refractivity contribution in [1.29, 1.82) is 5.26 Å². The molecule has 5 nitrogen and oxygen atoms in total. The van der Waals surface area contributed by atoms with Crippen molar-refractivity contribution in [2.24, 2.45) is 0 Å². The maximum Gasteiger partial charge on any atom is 0.185 e. The molecule has 2 unspecified atom stereocenters. The van der Waals surface area contributed by atoms with E-state index in [-0.39, 0.29) is 11.5 Å². The monoisotopic (exact) mass is 371 g/mol. The zero-order valence-corrected chi connectivity index (χ0v) is 15.3. The lowest BCUT2D eigenvalue weighted by Crippen LogP contribution is -2.19. The molecule has 0 saturated heterocycles. The molecule has 0 bridgehead atoms. The van der Waals surface area contributed by atoms with Crippen LogP contribution in [0.2, 0.25) is 0 Å². The molecule has 6 heteroatoms. The molecule has 26 heavy (non-hydrogen) atoms. The summed E-state index contributed by atoms with van der Waals surface area (Å²) in [6.45, 7) is 1.76. The number of carbonyl (C=O) groups excluding carboxylic acids is 1. The van der Waals surface area contributed by atoms with E-state index < -0.39 is 12.2 Å². The molecule has 0 aromatic heterocycles. The highest BCUT2D eigenvalue weighted by Crippen LogP contribution is 2.27. The number of hydrogen-bond acceptors (Lipinski definition) is 6. The highest BCUT2D eigenvalue weighted by atomic mass is 32.2. The summed E-state index contributed by atoms with van der Waals surface area (Å²) in [5.74, 6) is 0.791. The lowest BCUT2D eigenvalue weighted by molar-refractivity contribution is -0.109. The van der Waals surface area contributed by atoms with Gasteiger partial charge in [0.2, 0.25) is 0 Å². The SMILES string of the molecule is CC(=O)SCCC(O)C(O)c1ccc(C#N)c(OCc2ccccc2)c1. The van der Waals surface area contributed by atoms with Crippen LogP contribution in [0, 0.1) is 11.3 Å². The third-order valence-corrected chi connectivity index (χ3v) is 4.63. The minimum absolute atomic E-state index is 0.0262. The Morgan fingerprint density at radius 1 is 1.23 bits per heavy atom. The number of rotatable bonds is 8. The van der Waals surface area contributed by atoms with E-state index in [1.807, 2.05) is 30.3 Å². The van der Waals surface area contributed by atoms with Crippen LogP contribution in [0.5, 0.6) is 5.75 Å². The lowest BCUT2D eigenvalue weighted by atomic mass is 10.0. The average molecular weight is 371 g/mol. The summed E-state index contributed by atoms with van der Waals surface area (Å²) in [6.07, 6.45) is -1.84. The summed E-state index contributed by atoms with van der Waals surface area (Å²) < 4.78 is 5.73. The topological polar surface area (TPSA) is 90.5 Å². The first-order valence-electron chi connectivity index (χ1n) is 8.21. The van der Waals surface area contributed by atoms with Gasteiger partial charge in [-0.25, -0.2) is 0 Å². The third kappa shape index (κ3) is 5.88.